The van der Waals surface area contributed by atoms with Crippen LogP contribution in [0.3, 0.4) is 0 Å². The number of amides is 2. The SMILES string of the molecule is N=C1c2ccccc2C(=O)N1NC(=O)c1ccccc1. The van der Waals surface area contributed by atoms with E-state index in [9.17, 15) is 9.59 Å². The molecule has 2 amide bonds. The van der Waals surface area contributed by atoms with Gasteiger partial charge in [0, 0.05) is 11.1 Å². The molecule has 2 aromatic rings. The Bertz CT molecular complexity index is 675. The van der Waals surface area contributed by atoms with Crippen LogP contribution in [-0.2, 0) is 0 Å². The molecule has 98 valence electrons. The van der Waals surface area contributed by atoms with Crippen LogP contribution in [0, 0.1) is 5.41 Å². The molecule has 1 aliphatic heterocycles. The van der Waals surface area contributed by atoms with Gasteiger partial charge in [0.05, 0.1) is 5.56 Å². The highest BCUT2D eigenvalue weighted by molar-refractivity contribution is 6.22. The molecule has 3 rings (SSSR count). The van der Waals surface area contributed by atoms with E-state index in [1.165, 1.54) is 0 Å². The number of amidine groups is 1. The van der Waals surface area contributed by atoms with Gasteiger partial charge in [0.15, 0.2) is 5.84 Å². The number of carbonyl (C=O) groups is 2. The lowest BCUT2D eigenvalue weighted by Crippen LogP contribution is -2.45. The van der Waals surface area contributed by atoms with Crippen LogP contribution in [0.2, 0.25) is 0 Å². The summed E-state index contributed by atoms with van der Waals surface area (Å²) >= 11 is 0. The van der Waals surface area contributed by atoms with Crippen molar-refractivity contribution in [3.05, 3.63) is 71.3 Å². The second kappa shape index (κ2) is 4.62. The third-order valence-corrected chi connectivity index (χ3v) is 3.09. The van der Waals surface area contributed by atoms with Gasteiger partial charge >= 0.3 is 0 Å². The van der Waals surface area contributed by atoms with Crippen molar-refractivity contribution in [3.63, 3.8) is 0 Å². The quantitative estimate of drug-likeness (QED) is 0.869. The normalized spacial score (nSPS) is 13.3. The van der Waals surface area contributed by atoms with Crippen LogP contribution in [0.4, 0.5) is 0 Å². The van der Waals surface area contributed by atoms with E-state index in [1.807, 2.05) is 0 Å². The monoisotopic (exact) mass is 265 g/mol. The van der Waals surface area contributed by atoms with E-state index < -0.39 is 11.8 Å². The summed E-state index contributed by atoms with van der Waals surface area (Å²) < 4.78 is 0. The van der Waals surface area contributed by atoms with Gasteiger partial charge in [0.2, 0.25) is 0 Å². The van der Waals surface area contributed by atoms with Gasteiger partial charge in [0.25, 0.3) is 11.8 Å². The molecule has 0 atom stereocenters. The highest BCUT2D eigenvalue weighted by Crippen LogP contribution is 2.20. The fraction of sp³-hybridized carbons (Fsp3) is 0. The molecule has 0 saturated carbocycles. The summed E-state index contributed by atoms with van der Waals surface area (Å²) in [7, 11) is 0. The van der Waals surface area contributed by atoms with Gasteiger partial charge in [-0.05, 0) is 18.2 Å². The van der Waals surface area contributed by atoms with Gasteiger partial charge < -0.3 is 0 Å². The molecule has 0 saturated heterocycles. The van der Waals surface area contributed by atoms with Crippen LogP contribution < -0.4 is 5.43 Å². The Labute approximate surface area is 115 Å². The molecule has 5 heteroatoms. The van der Waals surface area contributed by atoms with Gasteiger partial charge in [-0.1, -0.05) is 36.4 Å². The van der Waals surface area contributed by atoms with Crippen molar-refractivity contribution in [2.75, 3.05) is 0 Å². The Morgan fingerprint density at radius 3 is 2.20 bits per heavy atom. The van der Waals surface area contributed by atoms with Crippen molar-refractivity contribution in [1.82, 2.24) is 10.4 Å². The van der Waals surface area contributed by atoms with Crippen LogP contribution in [0.15, 0.2) is 54.6 Å². The molecule has 2 N–H and O–H groups in total. The van der Waals surface area contributed by atoms with Crippen LogP contribution in [0.5, 0.6) is 0 Å². The summed E-state index contributed by atoms with van der Waals surface area (Å²) in [6.07, 6.45) is 0. The second-order valence-electron chi connectivity index (χ2n) is 4.34. The van der Waals surface area contributed by atoms with E-state index >= 15 is 0 Å². The lowest BCUT2D eigenvalue weighted by Gasteiger charge is -2.16. The molecule has 0 aromatic heterocycles. The Kier molecular flexibility index (Phi) is 2.80. The zero-order valence-electron chi connectivity index (χ0n) is 10.5. The van der Waals surface area contributed by atoms with E-state index in [-0.39, 0.29) is 5.84 Å². The number of hydrogen-bond donors (Lipinski definition) is 2. The molecular formula is C15H11N3O2. The third-order valence-electron chi connectivity index (χ3n) is 3.09. The standard InChI is InChI=1S/C15H11N3O2/c16-13-11-8-4-5-9-12(11)15(20)18(13)17-14(19)10-6-2-1-3-7-10/h1-9,16H,(H,17,19). The summed E-state index contributed by atoms with van der Waals surface area (Å²) in [6, 6.07) is 15.4. The first-order valence-electron chi connectivity index (χ1n) is 6.07. The fourth-order valence-corrected chi connectivity index (χ4v) is 2.08. The lowest BCUT2D eigenvalue weighted by molar-refractivity contribution is 0.0718. The molecule has 0 bridgehead atoms. The van der Waals surface area contributed by atoms with Crippen molar-refractivity contribution in [2.24, 2.45) is 0 Å². The van der Waals surface area contributed by atoms with E-state index in [1.54, 1.807) is 54.6 Å². The Morgan fingerprint density at radius 2 is 1.55 bits per heavy atom. The van der Waals surface area contributed by atoms with Gasteiger partial charge in [-0.15, -0.1) is 0 Å². The number of hydrazine groups is 1. The van der Waals surface area contributed by atoms with Crippen molar-refractivity contribution >= 4 is 17.6 Å². The summed E-state index contributed by atoms with van der Waals surface area (Å²) in [5.41, 5.74) is 3.84. The molecule has 0 radical (unpaired) electrons. The predicted molar refractivity (Wildman–Crippen MR) is 73.3 cm³/mol. The summed E-state index contributed by atoms with van der Waals surface area (Å²) in [5.74, 6) is -0.832. The number of carbonyl (C=O) groups excluding carboxylic acids is 2. The van der Waals surface area contributed by atoms with E-state index in [2.05, 4.69) is 5.43 Å². The van der Waals surface area contributed by atoms with Gasteiger partial charge in [-0.3, -0.25) is 20.4 Å². The highest BCUT2D eigenvalue weighted by Gasteiger charge is 2.33. The average molecular weight is 265 g/mol. The third kappa shape index (κ3) is 1.85. The van der Waals surface area contributed by atoms with Crippen LogP contribution >= 0.6 is 0 Å². The molecular weight excluding hydrogens is 254 g/mol. The number of nitrogens with one attached hydrogen (secondary N) is 2. The summed E-state index contributed by atoms with van der Waals surface area (Å²) in [6.45, 7) is 0. The zero-order valence-corrected chi connectivity index (χ0v) is 10.5. The lowest BCUT2D eigenvalue weighted by atomic mass is 10.1. The van der Waals surface area contributed by atoms with Crippen LogP contribution in [0.1, 0.15) is 26.3 Å². The minimum absolute atomic E-state index is 0.0186. The minimum Gasteiger partial charge on any atom is -0.282 e. The maximum absolute atomic E-state index is 12.1. The maximum Gasteiger partial charge on any atom is 0.279 e. The van der Waals surface area contributed by atoms with Crippen LogP contribution in [0.25, 0.3) is 0 Å². The smallest absolute Gasteiger partial charge is 0.279 e. The number of nitrogens with zero attached hydrogens (tertiary/aromatic N) is 1. The van der Waals surface area contributed by atoms with Crippen molar-refractivity contribution in [3.8, 4) is 0 Å². The van der Waals surface area contributed by atoms with Crippen molar-refractivity contribution < 1.29 is 9.59 Å². The van der Waals surface area contributed by atoms with Gasteiger partial charge in [-0.25, -0.2) is 0 Å². The number of fused-ring (bicyclic) bond motifs is 1. The second-order valence-corrected chi connectivity index (χ2v) is 4.34. The Balaban J connectivity index is 1.86. The first-order valence-corrected chi connectivity index (χ1v) is 6.07. The Hall–Kier alpha value is -2.95. The predicted octanol–water partition coefficient (Wildman–Crippen LogP) is 1.81. The number of hydrogen-bond acceptors (Lipinski definition) is 3. The van der Waals surface area contributed by atoms with Crippen molar-refractivity contribution in [2.45, 2.75) is 0 Å². The maximum atomic E-state index is 12.1. The number of rotatable bonds is 2. The fourth-order valence-electron chi connectivity index (χ4n) is 2.08. The largest absolute Gasteiger partial charge is 0.282 e. The molecule has 0 fully saturated rings. The van der Waals surface area contributed by atoms with E-state index in [4.69, 9.17) is 5.41 Å². The molecule has 0 aliphatic carbocycles. The molecule has 20 heavy (non-hydrogen) atoms. The van der Waals surface area contributed by atoms with E-state index in [0.29, 0.717) is 16.7 Å². The van der Waals surface area contributed by atoms with Crippen molar-refractivity contribution in [1.29, 1.82) is 5.41 Å². The first-order chi connectivity index (χ1) is 9.68. The molecule has 1 heterocycles. The minimum atomic E-state index is -0.420. The van der Waals surface area contributed by atoms with Gasteiger partial charge in [-0.2, -0.15) is 5.01 Å². The molecule has 2 aromatic carbocycles. The number of benzene rings is 2. The molecule has 1 aliphatic rings. The first kappa shape index (κ1) is 12.1. The topological polar surface area (TPSA) is 73.3 Å². The van der Waals surface area contributed by atoms with Gasteiger partial charge in [0.1, 0.15) is 0 Å². The molecule has 0 unspecified atom stereocenters. The Morgan fingerprint density at radius 1 is 0.950 bits per heavy atom. The zero-order chi connectivity index (χ0) is 14.1. The summed E-state index contributed by atoms with van der Waals surface area (Å²) in [5, 5.41) is 8.94. The highest BCUT2D eigenvalue weighted by atomic mass is 16.2. The molecule has 0 spiro atoms. The molecule has 5 nitrogen and oxygen atoms in total. The summed E-state index contributed by atoms with van der Waals surface area (Å²) in [4.78, 5) is 24.2. The van der Waals surface area contributed by atoms with Crippen LogP contribution in [-0.4, -0.2) is 22.7 Å². The van der Waals surface area contributed by atoms with E-state index in [0.717, 1.165) is 5.01 Å². The average Bonchev–Trinajstić information content (AvgIpc) is 2.74.